The molecular formula is C16H21N3O2. The molecule has 1 N–H and O–H groups in total. The van der Waals surface area contributed by atoms with E-state index in [1.807, 2.05) is 13.0 Å². The second-order valence-electron chi connectivity index (χ2n) is 6.03. The van der Waals surface area contributed by atoms with Crippen LogP contribution in [0.1, 0.15) is 37.7 Å². The zero-order chi connectivity index (χ0) is 14.8. The maximum atomic E-state index is 12.8. The highest BCUT2D eigenvalue weighted by Gasteiger charge is 2.39. The van der Waals surface area contributed by atoms with Gasteiger partial charge in [-0.3, -0.25) is 19.5 Å². The van der Waals surface area contributed by atoms with Gasteiger partial charge in [0.15, 0.2) is 0 Å². The van der Waals surface area contributed by atoms with Crippen LogP contribution < -0.4 is 10.2 Å². The molecule has 21 heavy (non-hydrogen) atoms. The Bertz CT molecular complexity index is 552. The fraction of sp³-hybridized carbons (Fsp3) is 0.562. The number of anilines is 1. The lowest BCUT2D eigenvalue weighted by atomic mass is 9.82. The minimum Gasteiger partial charge on any atom is -0.342 e. The van der Waals surface area contributed by atoms with Crippen molar-refractivity contribution in [2.24, 2.45) is 5.92 Å². The van der Waals surface area contributed by atoms with E-state index in [2.05, 4.69) is 10.3 Å². The molecule has 0 spiro atoms. The van der Waals surface area contributed by atoms with Crippen LogP contribution in [0, 0.1) is 12.8 Å². The number of pyridine rings is 1. The van der Waals surface area contributed by atoms with Crippen molar-refractivity contribution < 1.29 is 9.59 Å². The Morgan fingerprint density at radius 1 is 1.24 bits per heavy atom. The van der Waals surface area contributed by atoms with Gasteiger partial charge >= 0.3 is 0 Å². The van der Waals surface area contributed by atoms with Crippen LogP contribution in [0.4, 0.5) is 5.69 Å². The number of rotatable bonds is 2. The van der Waals surface area contributed by atoms with Crippen molar-refractivity contribution in [3.8, 4) is 0 Å². The van der Waals surface area contributed by atoms with Crippen LogP contribution in [0.5, 0.6) is 0 Å². The molecule has 1 atom stereocenters. The number of carbonyl (C=O) groups excluding carboxylic acids is 2. The van der Waals surface area contributed by atoms with E-state index < -0.39 is 0 Å². The van der Waals surface area contributed by atoms with Crippen molar-refractivity contribution in [1.82, 2.24) is 10.3 Å². The maximum Gasteiger partial charge on any atom is 0.250 e. The number of aromatic nitrogens is 1. The average molecular weight is 287 g/mol. The number of carbonyl (C=O) groups is 2. The molecule has 5 heteroatoms. The Labute approximate surface area is 124 Å². The molecule has 112 valence electrons. The van der Waals surface area contributed by atoms with E-state index in [0.29, 0.717) is 0 Å². The number of hydrogen-bond acceptors (Lipinski definition) is 3. The van der Waals surface area contributed by atoms with Gasteiger partial charge in [0.2, 0.25) is 11.8 Å². The first-order valence-corrected chi connectivity index (χ1v) is 7.68. The first-order valence-electron chi connectivity index (χ1n) is 7.68. The third-order valence-corrected chi connectivity index (χ3v) is 4.57. The van der Waals surface area contributed by atoms with E-state index in [1.165, 1.54) is 6.42 Å². The fourth-order valence-electron chi connectivity index (χ4n) is 3.40. The molecule has 5 nitrogen and oxygen atoms in total. The summed E-state index contributed by atoms with van der Waals surface area (Å²) in [6, 6.07) is 1.50. The van der Waals surface area contributed by atoms with E-state index in [-0.39, 0.29) is 30.3 Å². The number of nitrogens with zero attached hydrogens (tertiary/aromatic N) is 2. The quantitative estimate of drug-likeness (QED) is 0.902. The van der Waals surface area contributed by atoms with Crippen LogP contribution in [0.2, 0.25) is 0 Å². The largest absolute Gasteiger partial charge is 0.342 e. The van der Waals surface area contributed by atoms with Crippen LogP contribution in [0.15, 0.2) is 18.5 Å². The van der Waals surface area contributed by atoms with Crippen molar-refractivity contribution in [3.63, 3.8) is 0 Å². The lowest BCUT2D eigenvalue weighted by Crippen LogP contribution is -2.61. The Morgan fingerprint density at radius 3 is 2.71 bits per heavy atom. The highest BCUT2D eigenvalue weighted by molar-refractivity contribution is 6.07. The molecule has 2 aliphatic rings. The van der Waals surface area contributed by atoms with Gasteiger partial charge in [0.25, 0.3) is 0 Å². The SMILES string of the molecule is Cc1ccncc1N1CC(=O)NC(C2CCCCC2)C1=O. The summed E-state index contributed by atoms with van der Waals surface area (Å²) in [4.78, 5) is 30.5. The second kappa shape index (κ2) is 5.84. The minimum atomic E-state index is -0.369. The van der Waals surface area contributed by atoms with Gasteiger partial charge in [0, 0.05) is 6.20 Å². The zero-order valence-corrected chi connectivity index (χ0v) is 12.3. The number of nitrogens with one attached hydrogen (secondary N) is 1. The molecule has 3 rings (SSSR count). The number of amides is 2. The standard InChI is InChI=1S/C16H21N3O2/c1-11-7-8-17-9-13(11)19-10-14(20)18-15(16(19)21)12-5-3-2-4-6-12/h7-9,12,15H,2-6,10H2,1H3,(H,18,20). The third-order valence-electron chi connectivity index (χ3n) is 4.57. The van der Waals surface area contributed by atoms with E-state index in [0.717, 1.165) is 36.9 Å². The summed E-state index contributed by atoms with van der Waals surface area (Å²) in [7, 11) is 0. The summed E-state index contributed by atoms with van der Waals surface area (Å²) < 4.78 is 0. The van der Waals surface area contributed by atoms with Crippen LogP contribution in [-0.2, 0) is 9.59 Å². The Morgan fingerprint density at radius 2 is 2.00 bits per heavy atom. The van der Waals surface area contributed by atoms with Gasteiger partial charge in [-0.05, 0) is 37.3 Å². The van der Waals surface area contributed by atoms with E-state index in [4.69, 9.17) is 0 Å². The van der Waals surface area contributed by atoms with E-state index in [9.17, 15) is 9.59 Å². The molecule has 1 aromatic rings. The van der Waals surface area contributed by atoms with Crippen LogP contribution in [-0.4, -0.2) is 29.4 Å². The lowest BCUT2D eigenvalue weighted by molar-refractivity contribution is -0.132. The summed E-state index contributed by atoms with van der Waals surface area (Å²) in [6.45, 7) is 2.03. The fourth-order valence-corrected chi connectivity index (χ4v) is 3.40. The first kappa shape index (κ1) is 14.0. The van der Waals surface area contributed by atoms with Gasteiger partial charge in [-0.15, -0.1) is 0 Å². The number of aryl methyl sites for hydroxylation is 1. The summed E-state index contributed by atoms with van der Waals surface area (Å²) >= 11 is 0. The molecule has 1 unspecified atom stereocenters. The summed E-state index contributed by atoms with van der Waals surface area (Å²) in [6.07, 6.45) is 8.95. The third kappa shape index (κ3) is 2.77. The number of hydrogen-bond donors (Lipinski definition) is 1. The van der Waals surface area contributed by atoms with Gasteiger partial charge in [0.05, 0.1) is 11.9 Å². The molecule has 0 aromatic carbocycles. The number of piperazine rings is 1. The minimum absolute atomic E-state index is 0.0117. The van der Waals surface area contributed by atoms with Gasteiger partial charge in [-0.2, -0.15) is 0 Å². The molecule has 1 aromatic heterocycles. The molecule has 1 saturated carbocycles. The normalized spacial score (nSPS) is 24.0. The molecule has 0 bridgehead atoms. The van der Waals surface area contributed by atoms with Crippen LogP contribution in [0.3, 0.4) is 0 Å². The molecule has 1 saturated heterocycles. The smallest absolute Gasteiger partial charge is 0.250 e. The van der Waals surface area contributed by atoms with Gasteiger partial charge in [0.1, 0.15) is 12.6 Å². The van der Waals surface area contributed by atoms with Crippen molar-refractivity contribution in [2.75, 3.05) is 11.4 Å². The van der Waals surface area contributed by atoms with Crippen LogP contribution in [0.25, 0.3) is 0 Å². The topological polar surface area (TPSA) is 62.3 Å². The van der Waals surface area contributed by atoms with Gasteiger partial charge in [-0.1, -0.05) is 19.3 Å². The highest BCUT2D eigenvalue weighted by Crippen LogP contribution is 2.30. The predicted molar refractivity (Wildman–Crippen MR) is 79.8 cm³/mol. The molecule has 1 aliphatic heterocycles. The zero-order valence-electron chi connectivity index (χ0n) is 12.3. The molecule has 0 radical (unpaired) electrons. The van der Waals surface area contributed by atoms with Crippen molar-refractivity contribution >= 4 is 17.5 Å². The highest BCUT2D eigenvalue weighted by atomic mass is 16.2. The lowest BCUT2D eigenvalue weighted by Gasteiger charge is -2.38. The maximum absolute atomic E-state index is 12.8. The monoisotopic (exact) mass is 287 g/mol. The second-order valence-corrected chi connectivity index (χ2v) is 6.03. The molecule has 2 amide bonds. The Balaban J connectivity index is 1.86. The first-order chi connectivity index (χ1) is 10.2. The summed E-state index contributed by atoms with van der Waals surface area (Å²) in [5.74, 6) is 0.209. The van der Waals surface area contributed by atoms with E-state index in [1.54, 1.807) is 17.3 Å². The molecule has 1 aliphatic carbocycles. The molecule has 2 fully saturated rings. The van der Waals surface area contributed by atoms with Gasteiger partial charge in [-0.25, -0.2) is 0 Å². The van der Waals surface area contributed by atoms with Crippen molar-refractivity contribution in [1.29, 1.82) is 0 Å². The van der Waals surface area contributed by atoms with Gasteiger partial charge < -0.3 is 5.32 Å². The van der Waals surface area contributed by atoms with Crippen molar-refractivity contribution in [2.45, 2.75) is 45.1 Å². The summed E-state index contributed by atoms with van der Waals surface area (Å²) in [5, 5.41) is 2.90. The van der Waals surface area contributed by atoms with E-state index >= 15 is 0 Å². The summed E-state index contributed by atoms with van der Waals surface area (Å²) in [5.41, 5.74) is 1.72. The van der Waals surface area contributed by atoms with Crippen molar-refractivity contribution in [3.05, 3.63) is 24.0 Å². The Hall–Kier alpha value is -1.91. The molecule has 2 heterocycles. The predicted octanol–water partition coefficient (Wildman–Crippen LogP) is 1.80. The molecular weight excluding hydrogens is 266 g/mol. The Kier molecular flexibility index (Phi) is 3.90. The average Bonchev–Trinajstić information content (AvgIpc) is 2.51. The van der Waals surface area contributed by atoms with Crippen LogP contribution >= 0.6 is 0 Å².